The topological polar surface area (TPSA) is 72.8 Å². The van der Waals surface area contributed by atoms with E-state index in [0.717, 1.165) is 11.3 Å². The first-order chi connectivity index (χ1) is 12.2. The summed E-state index contributed by atoms with van der Waals surface area (Å²) in [7, 11) is 1.46. The number of hydrogen-bond donors (Lipinski definition) is 1. The number of carbonyl (C=O) groups is 1. The Morgan fingerprint density at radius 2 is 2.28 bits per heavy atom. The Hall–Kier alpha value is -2.96. The fourth-order valence-electron chi connectivity index (χ4n) is 2.61. The zero-order valence-corrected chi connectivity index (χ0v) is 13.7. The largest absolute Gasteiger partial charge is 0.480 e. The highest BCUT2D eigenvalue weighted by molar-refractivity contribution is 5.96. The van der Waals surface area contributed by atoms with Crippen molar-refractivity contribution in [3.8, 4) is 5.88 Å². The lowest BCUT2D eigenvalue weighted by Crippen LogP contribution is -2.32. The Bertz CT molecular complexity index is 795. The molecule has 0 spiro atoms. The van der Waals surface area contributed by atoms with Gasteiger partial charge in [0.1, 0.15) is 17.5 Å². The van der Waals surface area contributed by atoms with Crippen LogP contribution >= 0.6 is 0 Å². The first kappa shape index (κ1) is 16.9. The van der Waals surface area contributed by atoms with Crippen LogP contribution < -0.4 is 10.1 Å². The molecule has 130 valence electrons. The summed E-state index contributed by atoms with van der Waals surface area (Å²) in [5.74, 6) is -0.284. The first-order valence-corrected chi connectivity index (χ1v) is 7.89. The fourth-order valence-corrected chi connectivity index (χ4v) is 2.61. The van der Waals surface area contributed by atoms with Crippen LogP contribution in [-0.4, -0.2) is 36.4 Å². The molecule has 0 aliphatic carbocycles. The second-order valence-electron chi connectivity index (χ2n) is 5.67. The SMILES string of the molecule is COc1ncccc1C(=O)NCC1CC(Cc2cccc(F)c2)=NO1. The Morgan fingerprint density at radius 1 is 1.40 bits per heavy atom. The highest BCUT2D eigenvalue weighted by Gasteiger charge is 2.23. The lowest BCUT2D eigenvalue weighted by Gasteiger charge is -2.11. The Kier molecular flexibility index (Phi) is 5.23. The number of methoxy groups -OCH3 is 1. The number of amides is 1. The number of halogens is 1. The smallest absolute Gasteiger partial charge is 0.256 e. The molecule has 2 heterocycles. The van der Waals surface area contributed by atoms with Crippen LogP contribution in [-0.2, 0) is 11.3 Å². The quantitative estimate of drug-likeness (QED) is 0.874. The third-order valence-corrected chi connectivity index (χ3v) is 3.79. The van der Waals surface area contributed by atoms with Crippen molar-refractivity contribution in [3.05, 3.63) is 59.5 Å². The van der Waals surface area contributed by atoms with E-state index in [9.17, 15) is 9.18 Å². The lowest BCUT2D eigenvalue weighted by molar-refractivity contribution is 0.0751. The molecule has 2 aromatic rings. The number of pyridine rings is 1. The van der Waals surface area contributed by atoms with Crippen LogP contribution in [0.1, 0.15) is 22.3 Å². The number of nitrogens with zero attached hydrogens (tertiary/aromatic N) is 2. The molecule has 1 aromatic carbocycles. The number of aromatic nitrogens is 1. The molecule has 25 heavy (non-hydrogen) atoms. The highest BCUT2D eigenvalue weighted by Crippen LogP contribution is 2.16. The first-order valence-electron chi connectivity index (χ1n) is 7.89. The van der Waals surface area contributed by atoms with Gasteiger partial charge in [-0.1, -0.05) is 17.3 Å². The summed E-state index contributed by atoms with van der Waals surface area (Å²) in [5.41, 5.74) is 2.03. The van der Waals surface area contributed by atoms with E-state index in [1.54, 1.807) is 24.4 Å². The number of rotatable bonds is 6. The highest BCUT2D eigenvalue weighted by atomic mass is 19.1. The number of benzene rings is 1. The standard InChI is InChI=1S/C18H18FN3O3/c1-24-18-16(6-3-7-20-18)17(23)21-11-15-10-14(22-25-15)9-12-4-2-5-13(19)8-12/h2-8,15H,9-11H2,1H3,(H,21,23). The van der Waals surface area contributed by atoms with Gasteiger partial charge in [0.25, 0.3) is 5.91 Å². The zero-order valence-electron chi connectivity index (χ0n) is 13.7. The van der Waals surface area contributed by atoms with E-state index >= 15 is 0 Å². The Labute approximate surface area is 144 Å². The summed E-state index contributed by atoms with van der Waals surface area (Å²) in [4.78, 5) is 21.6. The second-order valence-corrected chi connectivity index (χ2v) is 5.67. The molecule has 3 rings (SSSR count). The third kappa shape index (κ3) is 4.32. The van der Waals surface area contributed by atoms with Gasteiger partial charge in [0.15, 0.2) is 0 Å². The van der Waals surface area contributed by atoms with Crippen LogP contribution in [0, 0.1) is 5.82 Å². The molecule has 1 atom stereocenters. The van der Waals surface area contributed by atoms with E-state index < -0.39 is 0 Å². The Morgan fingerprint density at radius 3 is 3.08 bits per heavy atom. The van der Waals surface area contributed by atoms with Crippen LogP contribution in [0.15, 0.2) is 47.8 Å². The van der Waals surface area contributed by atoms with Gasteiger partial charge in [-0.3, -0.25) is 4.79 Å². The molecule has 1 amide bonds. The number of carbonyl (C=O) groups excluding carboxylic acids is 1. The second kappa shape index (κ2) is 7.74. The molecule has 0 radical (unpaired) electrons. The van der Waals surface area contributed by atoms with Crippen LogP contribution in [0.2, 0.25) is 0 Å². The van der Waals surface area contributed by atoms with E-state index in [-0.39, 0.29) is 23.7 Å². The van der Waals surface area contributed by atoms with E-state index in [4.69, 9.17) is 9.57 Å². The van der Waals surface area contributed by atoms with Gasteiger partial charge in [0.05, 0.1) is 19.4 Å². The van der Waals surface area contributed by atoms with E-state index in [2.05, 4.69) is 15.5 Å². The molecule has 1 aromatic heterocycles. The van der Waals surface area contributed by atoms with Crippen molar-refractivity contribution in [1.82, 2.24) is 10.3 Å². The van der Waals surface area contributed by atoms with Gasteiger partial charge < -0.3 is 14.9 Å². The van der Waals surface area contributed by atoms with Crippen LogP contribution in [0.3, 0.4) is 0 Å². The maximum Gasteiger partial charge on any atom is 0.256 e. The molecule has 1 aliphatic rings. The van der Waals surface area contributed by atoms with Gasteiger partial charge in [-0.25, -0.2) is 9.37 Å². The summed E-state index contributed by atoms with van der Waals surface area (Å²) in [6.07, 6.45) is 2.43. The minimum atomic E-state index is -0.285. The third-order valence-electron chi connectivity index (χ3n) is 3.79. The maximum atomic E-state index is 13.2. The fraction of sp³-hybridized carbons (Fsp3) is 0.278. The van der Waals surface area contributed by atoms with Gasteiger partial charge in [-0.2, -0.15) is 0 Å². The van der Waals surface area contributed by atoms with Gasteiger partial charge in [0.2, 0.25) is 5.88 Å². The summed E-state index contributed by atoms with van der Waals surface area (Å²) in [6, 6.07) is 9.70. The van der Waals surface area contributed by atoms with Gasteiger partial charge in [-0.05, 0) is 29.8 Å². The van der Waals surface area contributed by atoms with Gasteiger partial charge >= 0.3 is 0 Å². The summed E-state index contributed by atoms with van der Waals surface area (Å²) >= 11 is 0. The molecular weight excluding hydrogens is 325 g/mol. The monoisotopic (exact) mass is 343 g/mol. The van der Waals surface area contributed by atoms with Crippen LogP contribution in [0.5, 0.6) is 5.88 Å². The van der Waals surface area contributed by atoms with Crippen molar-refractivity contribution in [2.75, 3.05) is 13.7 Å². The van der Waals surface area contributed by atoms with E-state index in [1.807, 2.05) is 6.07 Å². The normalized spacial score (nSPS) is 16.1. The molecular formula is C18H18FN3O3. The molecule has 6 nitrogen and oxygen atoms in total. The summed E-state index contributed by atoms with van der Waals surface area (Å²) in [5, 5.41) is 6.82. The van der Waals surface area contributed by atoms with Crippen LogP contribution in [0.4, 0.5) is 4.39 Å². The predicted molar refractivity (Wildman–Crippen MR) is 90.2 cm³/mol. The number of hydrogen-bond acceptors (Lipinski definition) is 5. The molecule has 1 aliphatic heterocycles. The van der Waals surface area contributed by atoms with Crippen molar-refractivity contribution >= 4 is 11.6 Å². The van der Waals surface area contributed by atoms with E-state index in [0.29, 0.717) is 24.9 Å². The molecule has 7 heteroatoms. The molecule has 1 unspecified atom stereocenters. The number of oxime groups is 1. The van der Waals surface area contributed by atoms with Crippen molar-refractivity contribution in [3.63, 3.8) is 0 Å². The van der Waals surface area contributed by atoms with Crippen molar-refractivity contribution in [2.24, 2.45) is 5.16 Å². The zero-order chi connectivity index (χ0) is 17.6. The van der Waals surface area contributed by atoms with Crippen molar-refractivity contribution in [2.45, 2.75) is 18.9 Å². The molecule has 0 bridgehead atoms. The van der Waals surface area contributed by atoms with Crippen molar-refractivity contribution < 1.29 is 18.8 Å². The maximum absolute atomic E-state index is 13.2. The molecule has 0 fully saturated rings. The summed E-state index contributed by atoms with van der Waals surface area (Å²) in [6.45, 7) is 0.313. The van der Waals surface area contributed by atoms with Gasteiger partial charge in [0, 0.05) is 19.0 Å². The van der Waals surface area contributed by atoms with Gasteiger partial charge in [-0.15, -0.1) is 0 Å². The molecule has 1 N–H and O–H groups in total. The minimum absolute atomic E-state index is 0.241. The minimum Gasteiger partial charge on any atom is -0.480 e. The lowest BCUT2D eigenvalue weighted by atomic mass is 10.0. The average Bonchev–Trinajstić information content (AvgIpc) is 3.07. The van der Waals surface area contributed by atoms with Crippen LogP contribution in [0.25, 0.3) is 0 Å². The Balaban J connectivity index is 1.50. The predicted octanol–water partition coefficient (Wildman–Crippen LogP) is 2.35. The average molecular weight is 343 g/mol. The number of ether oxygens (including phenoxy) is 1. The van der Waals surface area contributed by atoms with E-state index in [1.165, 1.54) is 19.2 Å². The summed E-state index contributed by atoms with van der Waals surface area (Å²) < 4.78 is 18.3. The molecule has 0 saturated heterocycles. The number of nitrogens with one attached hydrogen (secondary N) is 1. The molecule has 0 saturated carbocycles. The van der Waals surface area contributed by atoms with Crippen molar-refractivity contribution in [1.29, 1.82) is 0 Å².